The maximum atomic E-state index is 14.8. The van der Waals surface area contributed by atoms with Crippen molar-refractivity contribution in [3.05, 3.63) is 52.2 Å². The van der Waals surface area contributed by atoms with E-state index in [0.717, 1.165) is 38.4 Å². The fourth-order valence-corrected chi connectivity index (χ4v) is 4.38. The second-order valence-electron chi connectivity index (χ2n) is 8.73. The van der Waals surface area contributed by atoms with Crippen molar-refractivity contribution in [2.75, 3.05) is 31.6 Å². The Morgan fingerprint density at radius 1 is 1.14 bits per heavy atom. The smallest absolute Gasteiger partial charge is 0.266 e. The average molecular weight is 494 g/mol. The van der Waals surface area contributed by atoms with Crippen molar-refractivity contribution >= 4 is 11.7 Å². The highest BCUT2D eigenvalue weighted by Gasteiger charge is 2.30. The lowest BCUT2D eigenvalue weighted by molar-refractivity contribution is -0.125. The Bertz CT molecular complexity index is 1040. The molecule has 4 rings (SSSR count). The third-order valence-corrected chi connectivity index (χ3v) is 6.07. The monoisotopic (exact) mass is 493 g/mol. The van der Waals surface area contributed by atoms with Crippen LogP contribution in [0.3, 0.4) is 0 Å². The van der Waals surface area contributed by atoms with Gasteiger partial charge in [0.25, 0.3) is 6.43 Å². The van der Waals surface area contributed by atoms with Crippen LogP contribution in [-0.4, -0.2) is 47.2 Å². The summed E-state index contributed by atoms with van der Waals surface area (Å²) in [6.07, 6.45) is -0.568. The molecule has 2 aliphatic rings. The molecule has 2 N–H and O–H groups in total. The van der Waals surface area contributed by atoms with Crippen LogP contribution >= 0.6 is 0 Å². The van der Waals surface area contributed by atoms with Crippen LogP contribution in [-0.2, 0) is 20.7 Å². The van der Waals surface area contributed by atoms with Gasteiger partial charge in [-0.2, -0.15) is 0 Å². The Kier molecular flexibility index (Phi) is 8.19. The van der Waals surface area contributed by atoms with Crippen molar-refractivity contribution in [1.82, 2.24) is 20.4 Å². The van der Waals surface area contributed by atoms with Gasteiger partial charge in [0, 0.05) is 18.7 Å². The van der Waals surface area contributed by atoms with Gasteiger partial charge in [0.05, 0.1) is 42.5 Å². The molecule has 0 saturated carbocycles. The van der Waals surface area contributed by atoms with E-state index in [9.17, 15) is 18.0 Å². The number of ether oxygens (including phenoxy) is 2. The van der Waals surface area contributed by atoms with Crippen LogP contribution in [0.4, 0.5) is 19.0 Å². The Balaban J connectivity index is 1.62. The molecule has 8 nitrogen and oxygen atoms in total. The minimum atomic E-state index is -2.93. The van der Waals surface area contributed by atoms with Gasteiger partial charge in [-0.1, -0.05) is 24.6 Å². The minimum Gasteiger partial charge on any atom is -0.363 e. The van der Waals surface area contributed by atoms with Gasteiger partial charge in [0.1, 0.15) is 17.5 Å². The zero-order chi connectivity index (χ0) is 24.9. The molecule has 2 fully saturated rings. The predicted molar refractivity (Wildman–Crippen MR) is 122 cm³/mol. The highest BCUT2D eigenvalue weighted by Crippen LogP contribution is 2.34. The van der Waals surface area contributed by atoms with Crippen LogP contribution in [0.5, 0.6) is 0 Å². The van der Waals surface area contributed by atoms with Gasteiger partial charge in [0.15, 0.2) is 6.29 Å². The highest BCUT2D eigenvalue weighted by atomic mass is 19.3. The lowest BCUT2D eigenvalue weighted by Gasteiger charge is -2.27. The number of anilines is 1. The molecule has 2 aromatic rings. The zero-order valence-electron chi connectivity index (χ0n) is 19.8. The fraction of sp³-hybridized carbons (Fsp3) is 0.542. The molecule has 0 spiro atoms. The van der Waals surface area contributed by atoms with Crippen molar-refractivity contribution in [2.45, 2.75) is 58.3 Å². The predicted octanol–water partition coefficient (Wildman–Crippen LogP) is 4.14. The minimum absolute atomic E-state index is 0.0310. The number of nitrogens with one attached hydrogen (secondary N) is 2. The molecule has 1 amide bonds. The number of piperidine rings is 1. The van der Waals surface area contributed by atoms with E-state index >= 15 is 0 Å². The number of benzene rings is 1. The lowest BCUT2D eigenvalue weighted by atomic mass is 10.0. The number of rotatable bonds is 8. The molecule has 1 aromatic carbocycles. The van der Waals surface area contributed by atoms with E-state index < -0.39 is 30.1 Å². The standard InChI is InChI=1S/C24H30F3N5O3/c1-14(16-7-6-8-17(21(16)25)22(26)27)28-23-20(24-34-11-12-35-24)18(29-15(2)30-23)13-19(33)31-32-9-4-3-5-10-32/h6-8,14,22,24H,3-5,9-13H2,1-2H3,(H,31,33)(H,28,29,30). The number of nitrogens with zero attached hydrogens (tertiary/aromatic N) is 3. The number of hydrogen-bond donors (Lipinski definition) is 2. The molecule has 1 unspecified atom stereocenters. The molecule has 11 heteroatoms. The van der Waals surface area contributed by atoms with Crippen LogP contribution in [0.1, 0.15) is 73.2 Å². The van der Waals surface area contributed by atoms with E-state index in [2.05, 4.69) is 20.7 Å². The molecule has 1 atom stereocenters. The molecule has 2 aliphatic heterocycles. The molecule has 190 valence electrons. The van der Waals surface area contributed by atoms with Crippen molar-refractivity contribution in [2.24, 2.45) is 0 Å². The summed E-state index contributed by atoms with van der Waals surface area (Å²) in [6.45, 7) is 5.64. The number of aryl methyl sites for hydroxylation is 1. The molecule has 3 heterocycles. The van der Waals surface area contributed by atoms with Gasteiger partial charge in [-0.15, -0.1) is 0 Å². The number of carbonyl (C=O) groups excluding carboxylic acids is 1. The van der Waals surface area contributed by atoms with Gasteiger partial charge in [-0.3, -0.25) is 10.2 Å². The summed E-state index contributed by atoms with van der Waals surface area (Å²) in [5, 5.41) is 5.01. The first kappa shape index (κ1) is 25.3. The van der Waals surface area contributed by atoms with E-state index in [-0.39, 0.29) is 17.9 Å². The lowest BCUT2D eigenvalue weighted by Crippen LogP contribution is -2.45. The summed E-state index contributed by atoms with van der Waals surface area (Å²) >= 11 is 0. The van der Waals surface area contributed by atoms with E-state index in [1.807, 2.05) is 5.01 Å². The summed E-state index contributed by atoms with van der Waals surface area (Å²) in [7, 11) is 0. The Labute approximate surface area is 202 Å². The molecule has 1 aromatic heterocycles. The van der Waals surface area contributed by atoms with E-state index in [1.165, 1.54) is 12.1 Å². The van der Waals surface area contributed by atoms with Crippen LogP contribution in [0.2, 0.25) is 0 Å². The van der Waals surface area contributed by atoms with Gasteiger partial charge < -0.3 is 14.8 Å². The van der Waals surface area contributed by atoms with Crippen LogP contribution < -0.4 is 10.7 Å². The molecular weight excluding hydrogens is 463 g/mol. The van der Waals surface area contributed by atoms with Crippen molar-refractivity contribution in [3.8, 4) is 0 Å². The number of halogens is 3. The molecular formula is C24H30F3N5O3. The second kappa shape index (κ2) is 11.3. The first-order valence-electron chi connectivity index (χ1n) is 11.8. The van der Waals surface area contributed by atoms with Crippen LogP contribution in [0.15, 0.2) is 18.2 Å². The van der Waals surface area contributed by atoms with Crippen LogP contribution in [0, 0.1) is 12.7 Å². The quantitative estimate of drug-likeness (QED) is 0.572. The number of hydrogen-bond acceptors (Lipinski definition) is 7. The molecule has 0 bridgehead atoms. The van der Waals surface area contributed by atoms with E-state index in [4.69, 9.17) is 9.47 Å². The van der Waals surface area contributed by atoms with Gasteiger partial charge in [-0.05, 0) is 26.7 Å². The summed E-state index contributed by atoms with van der Waals surface area (Å²) in [6, 6.07) is 3.19. The topological polar surface area (TPSA) is 88.6 Å². The SMILES string of the molecule is Cc1nc(CC(=O)NN2CCCCC2)c(C2OCCO2)c(NC(C)c2cccc(C(F)F)c2F)n1. The third-order valence-electron chi connectivity index (χ3n) is 6.07. The zero-order valence-corrected chi connectivity index (χ0v) is 19.8. The second-order valence-corrected chi connectivity index (χ2v) is 8.73. The Morgan fingerprint density at radius 3 is 2.51 bits per heavy atom. The molecule has 0 radical (unpaired) electrons. The number of hydrazine groups is 1. The largest absolute Gasteiger partial charge is 0.363 e. The van der Waals surface area contributed by atoms with Gasteiger partial charge in [-0.25, -0.2) is 28.1 Å². The fourth-order valence-electron chi connectivity index (χ4n) is 4.38. The highest BCUT2D eigenvalue weighted by molar-refractivity contribution is 5.78. The molecule has 2 saturated heterocycles. The maximum Gasteiger partial charge on any atom is 0.266 e. The Hall–Kier alpha value is -2.76. The number of carbonyl (C=O) groups is 1. The number of alkyl halides is 2. The van der Waals surface area contributed by atoms with E-state index in [0.29, 0.717) is 36.1 Å². The van der Waals surface area contributed by atoms with E-state index in [1.54, 1.807) is 13.8 Å². The maximum absolute atomic E-state index is 14.8. The average Bonchev–Trinajstić information content (AvgIpc) is 3.33. The summed E-state index contributed by atoms with van der Waals surface area (Å²) in [4.78, 5) is 21.8. The first-order chi connectivity index (χ1) is 16.8. The number of amides is 1. The van der Waals surface area contributed by atoms with Gasteiger partial charge >= 0.3 is 0 Å². The first-order valence-corrected chi connectivity index (χ1v) is 11.8. The van der Waals surface area contributed by atoms with Crippen molar-refractivity contribution < 1.29 is 27.4 Å². The third kappa shape index (κ3) is 6.09. The van der Waals surface area contributed by atoms with Crippen molar-refractivity contribution in [1.29, 1.82) is 0 Å². The number of aromatic nitrogens is 2. The molecule has 0 aliphatic carbocycles. The molecule has 35 heavy (non-hydrogen) atoms. The summed E-state index contributed by atoms with van der Waals surface area (Å²) in [5.41, 5.74) is 3.21. The van der Waals surface area contributed by atoms with Crippen LogP contribution in [0.25, 0.3) is 0 Å². The van der Waals surface area contributed by atoms with Crippen molar-refractivity contribution in [3.63, 3.8) is 0 Å². The van der Waals surface area contributed by atoms with Gasteiger partial charge in [0.2, 0.25) is 5.91 Å². The summed E-state index contributed by atoms with van der Waals surface area (Å²) in [5.74, 6) is -0.494. The normalized spacial score (nSPS) is 18.1. The Morgan fingerprint density at radius 2 is 1.83 bits per heavy atom. The summed E-state index contributed by atoms with van der Waals surface area (Å²) < 4.78 is 52.6.